The van der Waals surface area contributed by atoms with Crippen molar-refractivity contribution in [2.45, 2.75) is 26.8 Å². The molecule has 0 aliphatic carbocycles. The van der Waals surface area contributed by atoms with Crippen molar-refractivity contribution in [1.82, 2.24) is 4.98 Å². The minimum Gasteiger partial charge on any atom is -0.494 e. The number of carbonyl (C=O) groups excluding carboxylic acids is 1. The highest BCUT2D eigenvalue weighted by atomic mass is 32.1. The number of thiazole rings is 1. The maximum atomic E-state index is 11.1. The van der Waals surface area contributed by atoms with E-state index in [9.17, 15) is 4.79 Å². The number of nitrogens with zero attached hydrogens (tertiary/aromatic N) is 1. The Morgan fingerprint density at radius 3 is 2.86 bits per heavy atom. The molecule has 1 aromatic carbocycles. The third kappa shape index (κ3) is 4.19. The number of nitrogens with one attached hydrogen (secondary N) is 2. The number of benzene rings is 1. The van der Waals surface area contributed by atoms with E-state index in [1.54, 1.807) is 18.4 Å². The maximum absolute atomic E-state index is 11.1. The van der Waals surface area contributed by atoms with Crippen LogP contribution in [0.3, 0.4) is 0 Å². The van der Waals surface area contributed by atoms with Gasteiger partial charge in [0.25, 0.3) is 0 Å². The van der Waals surface area contributed by atoms with Gasteiger partial charge < -0.3 is 15.4 Å². The summed E-state index contributed by atoms with van der Waals surface area (Å²) in [4.78, 5) is 16.6. The molecule has 2 rings (SSSR count). The second kappa shape index (κ2) is 7.08. The molecule has 0 atom stereocenters. The lowest BCUT2D eigenvalue weighted by atomic mass is 10.2. The van der Waals surface area contributed by atoms with Gasteiger partial charge in [0, 0.05) is 29.8 Å². The highest BCUT2D eigenvalue weighted by Gasteiger charge is 2.06. The first-order chi connectivity index (χ1) is 10.1. The number of methoxy groups -OCH3 is 1. The van der Waals surface area contributed by atoms with Crippen molar-refractivity contribution in [1.29, 1.82) is 0 Å². The van der Waals surface area contributed by atoms with Gasteiger partial charge in [-0.05, 0) is 18.6 Å². The molecule has 1 aromatic heterocycles. The van der Waals surface area contributed by atoms with Crippen LogP contribution < -0.4 is 15.4 Å². The van der Waals surface area contributed by atoms with Crippen LogP contribution in [0.4, 0.5) is 11.4 Å². The molecule has 0 radical (unpaired) electrons. The summed E-state index contributed by atoms with van der Waals surface area (Å²) in [5.74, 6) is 0.513. The summed E-state index contributed by atoms with van der Waals surface area (Å²) in [5.41, 5.74) is 1.61. The number of aromatic nitrogens is 1. The van der Waals surface area contributed by atoms with E-state index in [1.807, 2.05) is 24.4 Å². The predicted octanol–water partition coefficient (Wildman–Crippen LogP) is 3.28. The topological polar surface area (TPSA) is 63.2 Å². The van der Waals surface area contributed by atoms with E-state index in [1.165, 1.54) is 11.8 Å². The first-order valence-electron chi connectivity index (χ1n) is 6.75. The molecule has 2 N–H and O–H groups in total. The Hall–Kier alpha value is -2.08. The van der Waals surface area contributed by atoms with Crippen LogP contribution >= 0.6 is 11.3 Å². The fraction of sp³-hybridized carbons (Fsp3) is 0.333. The third-order valence-corrected chi connectivity index (χ3v) is 4.02. The van der Waals surface area contributed by atoms with Crippen molar-refractivity contribution < 1.29 is 9.53 Å². The molecule has 6 heteroatoms. The lowest BCUT2D eigenvalue weighted by molar-refractivity contribution is -0.114. The summed E-state index contributed by atoms with van der Waals surface area (Å²) >= 11 is 1.71. The molecule has 0 fully saturated rings. The van der Waals surface area contributed by atoms with Gasteiger partial charge in [-0.25, -0.2) is 4.98 Å². The van der Waals surface area contributed by atoms with Crippen LogP contribution in [0.25, 0.3) is 0 Å². The summed E-state index contributed by atoms with van der Waals surface area (Å²) in [5, 5.41) is 7.21. The highest BCUT2D eigenvalue weighted by molar-refractivity contribution is 7.11. The quantitative estimate of drug-likeness (QED) is 0.859. The smallest absolute Gasteiger partial charge is 0.221 e. The zero-order valence-electron chi connectivity index (χ0n) is 12.4. The van der Waals surface area contributed by atoms with Gasteiger partial charge in [0.05, 0.1) is 24.3 Å². The summed E-state index contributed by atoms with van der Waals surface area (Å²) in [6.45, 7) is 4.29. The zero-order chi connectivity index (χ0) is 15.2. The number of rotatable bonds is 6. The van der Waals surface area contributed by atoms with Crippen molar-refractivity contribution in [3.05, 3.63) is 34.3 Å². The average molecular weight is 305 g/mol. The van der Waals surface area contributed by atoms with Gasteiger partial charge in [-0.15, -0.1) is 11.3 Å². The predicted molar refractivity (Wildman–Crippen MR) is 86.1 cm³/mol. The molecule has 0 saturated carbocycles. The first-order valence-corrected chi connectivity index (χ1v) is 7.57. The number of carbonyl (C=O) groups is 1. The summed E-state index contributed by atoms with van der Waals surface area (Å²) < 4.78 is 5.30. The summed E-state index contributed by atoms with van der Waals surface area (Å²) in [6, 6.07) is 5.61. The van der Waals surface area contributed by atoms with E-state index in [4.69, 9.17) is 4.74 Å². The van der Waals surface area contributed by atoms with Gasteiger partial charge in [-0.3, -0.25) is 4.79 Å². The van der Waals surface area contributed by atoms with Gasteiger partial charge in [-0.2, -0.15) is 0 Å². The van der Waals surface area contributed by atoms with Crippen LogP contribution in [0.1, 0.15) is 23.7 Å². The number of anilines is 2. The van der Waals surface area contributed by atoms with Crippen molar-refractivity contribution in [3.63, 3.8) is 0 Å². The lowest BCUT2D eigenvalue weighted by Gasteiger charge is -2.11. The molecule has 0 unspecified atom stereocenters. The van der Waals surface area contributed by atoms with Crippen LogP contribution in [-0.4, -0.2) is 18.0 Å². The van der Waals surface area contributed by atoms with Crippen LogP contribution in [-0.2, 0) is 17.8 Å². The monoisotopic (exact) mass is 305 g/mol. The highest BCUT2D eigenvalue weighted by Crippen LogP contribution is 2.28. The van der Waals surface area contributed by atoms with E-state index in [-0.39, 0.29) is 5.91 Å². The van der Waals surface area contributed by atoms with Crippen LogP contribution in [0.2, 0.25) is 0 Å². The average Bonchev–Trinajstić information content (AvgIpc) is 2.93. The molecule has 0 bridgehead atoms. The van der Waals surface area contributed by atoms with Gasteiger partial charge in [0.2, 0.25) is 5.91 Å². The standard InChI is InChI=1S/C15H19N3O2S/c1-4-15-17-9-12(21-15)8-16-11-5-6-13(18-10(2)19)14(7-11)20-3/h5-7,9,16H,4,8H2,1-3H3,(H,18,19). The van der Waals surface area contributed by atoms with Crippen LogP contribution in [0.5, 0.6) is 5.75 Å². The van der Waals surface area contributed by atoms with Crippen molar-refractivity contribution in [2.75, 3.05) is 17.7 Å². The van der Waals surface area contributed by atoms with Crippen LogP contribution in [0.15, 0.2) is 24.4 Å². The first kappa shape index (κ1) is 15.3. The number of hydrogen-bond acceptors (Lipinski definition) is 5. The van der Waals surface area contributed by atoms with Crippen molar-refractivity contribution in [2.24, 2.45) is 0 Å². The normalized spacial score (nSPS) is 10.2. The van der Waals surface area contributed by atoms with Crippen molar-refractivity contribution >= 4 is 28.6 Å². The van der Waals surface area contributed by atoms with Gasteiger partial charge in [-0.1, -0.05) is 6.92 Å². The molecule has 0 aliphatic heterocycles. The van der Waals surface area contributed by atoms with Gasteiger partial charge >= 0.3 is 0 Å². The second-order valence-electron chi connectivity index (χ2n) is 4.52. The Morgan fingerprint density at radius 1 is 1.43 bits per heavy atom. The SMILES string of the molecule is CCc1ncc(CNc2ccc(NC(C)=O)c(OC)c2)s1. The molecular formula is C15H19N3O2S. The van der Waals surface area contributed by atoms with E-state index < -0.39 is 0 Å². The summed E-state index contributed by atoms with van der Waals surface area (Å²) in [7, 11) is 1.58. The minimum atomic E-state index is -0.120. The summed E-state index contributed by atoms with van der Waals surface area (Å²) in [6.07, 6.45) is 2.86. The minimum absolute atomic E-state index is 0.120. The van der Waals surface area contributed by atoms with E-state index in [0.717, 1.165) is 23.7 Å². The van der Waals surface area contributed by atoms with E-state index >= 15 is 0 Å². The fourth-order valence-corrected chi connectivity index (χ4v) is 2.68. The zero-order valence-corrected chi connectivity index (χ0v) is 13.2. The second-order valence-corrected chi connectivity index (χ2v) is 5.72. The molecule has 112 valence electrons. The third-order valence-electron chi connectivity index (χ3n) is 2.88. The largest absolute Gasteiger partial charge is 0.494 e. The molecule has 0 aliphatic rings. The molecule has 1 amide bonds. The van der Waals surface area contributed by atoms with E-state index in [0.29, 0.717) is 11.4 Å². The van der Waals surface area contributed by atoms with Crippen LogP contribution in [0, 0.1) is 0 Å². The molecule has 0 saturated heterocycles. The van der Waals surface area contributed by atoms with Crippen molar-refractivity contribution in [3.8, 4) is 5.75 Å². The molecule has 0 spiro atoms. The molecule has 21 heavy (non-hydrogen) atoms. The number of amides is 1. The number of hydrogen-bond donors (Lipinski definition) is 2. The Kier molecular flexibility index (Phi) is 5.16. The van der Waals surface area contributed by atoms with Gasteiger partial charge in [0.15, 0.2) is 0 Å². The van der Waals surface area contributed by atoms with Gasteiger partial charge in [0.1, 0.15) is 5.75 Å². The fourth-order valence-electron chi connectivity index (χ4n) is 1.88. The van der Waals surface area contributed by atoms with E-state index in [2.05, 4.69) is 22.5 Å². The molecule has 5 nitrogen and oxygen atoms in total. The molecular weight excluding hydrogens is 286 g/mol. The Balaban J connectivity index is 2.04. The maximum Gasteiger partial charge on any atom is 0.221 e. The Bertz CT molecular complexity index is 625. The Labute approximate surface area is 128 Å². The number of aryl methyl sites for hydroxylation is 1. The molecule has 1 heterocycles. The number of ether oxygens (including phenoxy) is 1. The molecule has 2 aromatic rings. The lowest BCUT2D eigenvalue weighted by Crippen LogP contribution is -2.07. The Morgan fingerprint density at radius 2 is 2.24 bits per heavy atom.